The van der Waals surface area contributed by atoms with Crippen LogP contribution in [0.25, 0.3) is 0 Å². The van der Waals surface area contributed by atoms with Gasteiger partial charge < -0.3 is 10.2 Å². The lowest BCUT2D eigenvalue weighted by molar-refractivity contribution is 0.102. The third-order valence-electron chi connectivity index (χ3n) is 4.53. The fourth-order valence-electron chi connectivity index (χ4n) is 3.22. The molecular formula is C21H21ClN2OS. The van der Waals surface area contributed by atoms with Crippen LogP contribution in [0.5, 0.6) is 0 Å². The van der Waals surface area contributed by atoms with E-state index in [4.69, 9.17) is 23.8 Å². The number of carbonyl (C=O) groups excluding carboxylic acids is 1. The van der Waals surface area contributed by atoms with Crippen LogP contribution in [0, 0.1) is 0 Å². The Labute approximate surface area is 164 Å². The van der Waals surface area contributed by atoms with Crippen LogP contribution < -0.4 is 5.32 Å². The highest BCUT2D eigenvalue weighted by molar-refractivity contribution is 7.80. The van der Waals surface area contributed by atoms with E-state index in [0.29, 0.717) is 15.7 Å². The van der Waals surface area contributed by atoms with Gasteiger partial charge in [0.1, 0.15) is 0 Å². The van der Waals surface area contributed by atoms with Crippen molar-refractivity contribution in [3.63, 3.8) is 0 Å². The average molecular weight is 385 g/mol. The summed E-state index contributed by atoms with van der Waals surface area (Å²) in [6, 6.07) is 16.6. The Morgan fingerprint density at radius 1 is 1.15 bits per heavy atom. The van der Waals surface area contributed by atoms with Crippen molar-refractivity contribution in [2.45, 2.75) is 26.3 Å². The van der Waals surface area contributed by atoms with Gasteiger partial charge in [0.2, 0.25) is 0 Å². The van der Waals surface area contributed by atoms with E-state index in [1.54, 1.807) is 0 Å². The fourth-order valence-corrected chi connectivity index (χ4v) is 3.69. The fraction of sp³-hybridized carbons (Fsp3) is 0.238. The van der Waals surface area contributed by atoms with Crippen LogP contribution in [0.3, 0.4) is 0 Å². The molecule has 1 aliphatic rings. The number of benzene rings is 2. The summed E-state index contributed by atoms with van der Waals surface area (Å²) in [5, 5.41) is 4.66. The highest BCUT2D eigenvalue weighted by Gasteiger charge is 2.33. The minimum absolute atomic E-state index is 0.0131. The molecule has 2 aromatic rings. The van der Waals surface area contributed by atoms with Crippen molar-refractivity contribution in [3.8, 4) is 0 Å². The summed E-state index contributed by atoms with van der Waals surface area (Å²) in [4.78, 5) is 15.3. The smallest absolute Gasteiger partial charge is 0.193 e. The molecule has 1 atom stereocenters. The Bertz CT molecular complexity index is 846. The SMILES string of the molecule is CCCN1C(=S)NC(c2ccc(Cl)cc2)C(C(=O)c2ccccc2)=C1C. The summed E-state index contributed by atoms with van der Waals surface area (Å²) < 4.78 is 0. The van der Waals surface area contributed by atoms with Gasteiger partial charge in [-0.15, -0.1) is 0 Å². The van der Waals surface area contributed by atoms with Crippen molar-refractivity contribution >= 4 is 34.7 Å². The highest BCUT2D eigenvalue weighted by atomic mass is 35.5. The van der Waals surface area contributed by atoms with Crippen LogP contribution in [0.4, 0.5) is 0 Å². The number of hydrogen-bond acceptors (Lipinski definition) is 2. The lowest BCUT2D eigenvalue weighted by Gasteiger charge is -2.38. The molecule has 0 saturated carbocycles. The minimum Gasteiger partial charge on any atom is -0.351 e. The molecular weight excluding hydrogens is 364 g/mol. The number of thiocarbonyl (C=S) groups is 1. The molecule has 0 amide bonds. The second-order valence-electron chi connectivity index (χ2n) is 6.28. The first-order chi connectivity index (χ1) is 12.5. The molecule has 5 heteroatoms. The number of halogens is 1. The van der Waals surface area contributed by atoms with Crippen LogP contribution in [0.1, 0.15) is 42.2 Å². The average Bonchev–Trinajstić information content (AvgIpc) is 2.65. The minimum atomic E-state index is -0.291. The number of carbonyl (C=O) groups is 1. The van der Waals surface area contributed by atoms with Gasteiger partial charge in [0.25, 0.3) is 0 Å². The lowest BCUT2D eigenvalue weighted by atomic mass is 9.89. The van der Waals surface area contributed by atoms with Gasteiger partial charge in [-0.25, -0.2) is 0 Å². The van der Waals surface area contributed by atoms with Crippen LogP contribution >= 0.6 is 23.8 Å². The molecule has 26 heavy (non-hydrogen) atoms. The zero-order valence-electron chi connectivity index (χ0n) is 14.8. The van der Waals surface area contributed by atoms with Crippen molar-refractivity contribution in [2.24, 2.45) is 0 Å². The van der Waals surface area contributed by atoms with Gasteiger partial charge in [-0.1, -0.05) is 61.0 Å². The van der Waals surface area contributed by atoms with E-state index in [9.17, 15) is 4.79 Å². The molecule has 0 bridgehead atoms. The Morgan fingerprint density at radius 2 is 1.81 bits per heavy atom. The first-order valence-corrected chi connectivity index (χ1v) is 9.45. The third kappa shape index (κ3) is 3.67. The Balaban J connectivity index is 2.11. The van der Waals surface area contributed by atoms with Gasteiger partial charge in [0.15, 0.2) is 10.9 Å². The maximum absolute atomic E-state index is 13.3. The Kier molecular flexibility index (Phi) is 5.74. The molecule has 3 nitrogen and oxygen atoms in total. The molecule has 0 aliphatic carbocycles. The topological polar surface area (TPSA) is 32.3 Å². The number of nitrogens with zero attached hydrogens (tertiary/aromatic N) is 1. The standard InChI is InChI=1S/C21H21ClN2OS/c1-3-13-24-14(2)18(20(25)16-7-5-4-6-8-16)19(23-21(24)26)15-9-11-17(22)12-10-15/h4-12,19H,3,13H2,1-2H3,(H,23,26). The maximum Gasteiger partial charge on any atom is 0.193 e. The van der Waals surface area contributed by atoms with E-state index in [2.05, 4.69) is 12.2 Å². The van der Waals surface area contributed by atoms with E-state index < -0.39 is 0 Å². The van der Waals surface area contributed by atoms with Crippen LogP contribution in [0.2, 0.25) is 5.02 Å². The normalized spacial score (nSPS) is 17.3. The molecule has 134 valence electrons. The number of hydrogen-bond donors (Lipinski definition) is 1. The third-order valence-corrected chi connectivity index (χ3v) is 5.12. The number of allylic oxidation sites excluding steroid dienone is 1. The molecule has 0 radical (unpaired) electrons. The van der Waals surface area contributed by atoms with Crippen molar-refractivity contribution in [3.05, 3.63) is 82.0 Å². The number of ketones is 1. The lowest BCUT2D eigenvalue weighted by Crippen LogP contribution is -2.47. The molecule has 1 heterocycles. The Morgan fingerprint density at radius 3 is 2.42 bits per heavy atom. The van der Waals surface area contributed by atoms with Gasteiger partial charge in [0.05, 0.1) is 6.04 Å². The van der Waals surface area contributed by atoms with E-state index in [-0.39, 0.29) is 11.8 Å². The van der Waals surface area contributed by atoms with Crippen LogP contribution in [-0.2, 0) is 0 Å². The monoisotopic (exact) mass is 384 g/mol. The number of nitrogens with one attached hydrogen (secondary N) is 1. The van der Waals surface area contributed by atoms with Crippen molar-refractivity contribution in [1.82, 2.24) is 10.2 Å². The highest BCUT2D eigenvalue weighted by Crippen LogP contribution is 2.33. The van der Waals surface area contributed by atoms with Crippen LogP contribution in [0.15, 0.2) is 65.9 Å². The zero-order chi connectivity index (χ0) is 18.7. The summed E-state index contributed by atoms with van der Waals surface area (Å²) in [6.07, 6.45) is 0.942. The summed E-state index contributed by atoms with van der Waals surface area (Å²) >= 11 is 11.6. The molecule has 1 aliphatic heterocycles. The molecule has 1 unspecified atom stereocenters. The summed E-state index contributed by atoms with van der Waals surface area (Å²) in [7, 11) is 0. The molecule has 0 aromatic heterocycles. The van der Waals surface area contributed by atoms with E-state index >= 15 is 0 Å². The summed E-state index contributed by atoms with van der Waals surface area (Å²) in [5.41, 5.74) is 3.27. The second kappa shape index (κ2) is 8.02. The van der Waals surface area contributed by atoms with Crippen molar-refractivity contribution < 1.29 is 4.79 Å². The quantitative estimate of drug-likeness (QED) is 0.571. The predicted octanol–water partition coefficient (Wildman–Crippen LogP) is 5.14. The molecule has 0 fully saturated rings. The van der Waals surface area contributed by atoms with Gasteiger partial charge in [-0.2, -0.15) is 0 Å². The molecule has 2 aromatic carbocycles. The Hall–Kier alpha value is -2.17. The van der Waals surface area contributed by atoms with Crippen molar-refractivity contribution in [1.29, 1.82) is 0 Å². The number of rotatable bonds is 5. The second-order valence-corrected chi connectivity index (χ2v) is 7.10. The first kappa shape index (κ1) is 18.6. The van der Waals surface area contributed by atoms with Gasteiger partial charge in [-0.3, -0.25) is 4.79 Å². The maximum atomic E-state index is 13.3. The molecule has 0 saturated heterocycles. The van der Waals surface area contributed by atoms with Gasteiger partial charge >= 0.3 is 0 Å². The van der Waals surface area contributed by atoms with Gasteiger partial charge in [-0.05, 0) is 43.3 Å². The number of Topliss-reactive ketones (excluding diaryl/α,β-unsaturated/α-hetero) is 1. The summed E-state index contributed by atoms with van der Waals surface area (Å²) in [6.45, 7) is 4.85. The largest absolute Gasteiger partial charge is 0.351 e. The predicted molar refractivity (Wildman–Crippen MR) is 110 cm³/mol. The van der Waals surface area contributed by atoms with E-state index in [1.165, 1.54) is 0 Å². The van der Waals surface area contributed by atoms with Gasteiger partial charge in [0, 0.05) is 28.4 Å². The molecule has 1 N–H and O–H groups in total. The van der Waals surface area contributed by atoms with Crippen molar-refractivity contribution in [2.75, 3.05) is 6.54 Å². The zero-order valence-corrected chi connectivity index (χ0v) is 16.4. The van der Waals surface area contributed by atoms with Crippen LogP contribution in [-0.4, -0.2) is 22.3 Å². The summed E-state index contributed by atoms with van der Waals surface area (Å²) in [5.74, 6) is 0.0131. The van der Waals surface area contributed by atoms with E-state index in [1.807, 2.05) is 66.4 Å². The first-order valence-electron chi connectivity index (χ1n) is 8.67. The van der Waals surface area contributed by atoms with E-state index in [0.717, 1.165) is 29.8 Å². The molecule has 3 rings (SSSR count). The molecule has 0 spiro atoms.